The first-order valence-electron chi connectivity index (χ1n) is 7.08. The summed E-state index contributed by atoms with van der Waals surface area (Å²) in [6, 6.07) is 2.08. The van der Waals surface area contributed by atoms with Crippen molar-refractivity contribution in [3.05, 3.63) is 11.9 Å². The highest BCUT2D eigenvalue weighted by molar-refractivity contribution is 8.00. The minimum absolute atomic E-state index is 0.658. The Morgan fingerprint density at radius 3 is 2.63 bits per heavy atom. The molecule has 0 amide bonds. The van der Waals surface area contributed by atoms with Crippen molar-refractivity contribution < 1.29 is 0 Å². The van der Waals surface area contributed by atoms with Crippen LogP contribution in [-0.2, 0) is 0 Å². The molecule has 1 saturated heterocycles. The third-order valence-electron chi connectivity index (χ3n) is 3.12. The molecule has 2 rings (SSSR count). The summed E-state index contributed by atoms with van der Waals surface area (Å²) < 4.78 is 0. The van der Waals surface area contributed by atoms with Crippen molar-refractivity contribution in [2.45, 2.75) is 44.6 Å². The molecule has 106 valence electrons. The Morgan fingerprint density at radius 1 is 1.32 bits per heavy atom. The molecule has 5 heteroatoms. The SMILES string of the molecule is CCCNc1cc(N2CC(C)SC(C)C2)nc(C)n1. The normalized spacial score (nSPS) is 23.5. The van der Waals surface area contributed by atoms with Crippen molar-refractivity contribution in [1.29, 1.82) is 0 Å². The van der Waals surface area contributed by atoms with Gasteiger partial charge in [-0.1, -0.05) is 20.8 Å². The molecule has 2 unspecified atom stereocenters. The number of aromatic nitrogens is 2. The molecule has 1 aromatic rings. The van der Waals surface area contributed by atoms with Crippen LogP contribution in [0.2, 0.25) is 0 Å². The van der Waals surface area contributed by atoms with Crippen molar-refractivity contribution >= 4 is 23.4 Å². The maximum atomic E-state index is 4.60. The van der Waals surface area contributed by atoms with Gasteiger partial charge in [0.05, 0.1) is 0 Å². The van der Waals surface area contributed by atoms with Crippen LogP contribution in [0.5, 0.6) is 0 Å². The van der Waals surface area contributed by atoms with Crippen LogP contribution >= 0.6 is 11.8 Å². The highest BCUT2D eigenvalue weighted by Gasteiger charge is 2.23. The van der Waals surface area contributed by atoms with Crippen LogP contribution in [0, 0.1) is 6.92 Å². The van der Waals surface area contributed by atoms with Gasteiger partial charge in [-0.05, 0) is 13.3 Å². The van der Waals surface area contributed by atoms with Crippen molar-refractivity contribution in [1.82, 2.24) is 9.97 Å². The number of hydrogen-bond donors (Lipinski definition) is 1. The Labute approximate surface area is 120 Å². The zero-order chi connectivity index (χ0) is 13.8. The van der Waals surface area contributed by atoms with Crippen molar-refractivity contribution in [2.75, 3.05) is 29.9 Å². The van der Waals surface area contributed by atoms with Gasteiger partial charge in [-0.3, -0.25) is 0 Å². The van der Waals surface area contributed by atoms with E-state index in [0.29, 0.717) is 10.5 Å². The number of anilines is 2. The zero-order valence-corrected chi connectivity index (χ0v) is 13.1. The lowest BCUT2D eigenvalue weighted by atomic mass is 10.3. The predicted octanol–water partition coefficient (Wildman–Crippen LogP) is 2.94. The van der Waals surface area contributed by atoms with E-state index in [4.69, 9.17) is 0 Å². The van der Waals surface area contributed by atoms with E-state index >= 15 is 0 Å². The largest absolute Gasteiger partial charge is 0.370 e. The van der Waals surface area contributed by atoms with Crippen molar-refractivity contribution in [3.8, 4) is 0 Å². The van der Waals surface area contributed by atoms with E-state index in [9.17, 15) is 0 Å². The molecule has 1 fully saturated rings. The zero-order valence-electron chi connectivity index (χ0n) is 12.3. The van der Waals surface area contributed by atoms with Crippen LogP contribution in [0.15, 0.2) is 6.07 Å². The Hall–Kier alpha value is -0.970. The lowest BCUT2D eigenvalue weighted by molar-refractivity contribution is 0.715. The highest BCUT2D eigenvalue weighted by Crippen LogP contribution is 2.28. The molecule has 0 bridgehead atoms. The van der Waals surface area contributed by atoms with E-state index in [1.165, 1.54) is 0 Å². The minimum Gasteiger partial charge on any atom is -0.370 e. The third-order valence-corrected chi connectivity index (χ3v) is 4.35. The summed E-state index contributed by atoms with van der Waals surface area (Å²) in [5.41, 5.74) is 0. The smallest absolute Gasteiger partial charge is 0.134 e. The second-order valence-electron chi connectivity index (χ2n) is 5.25. The molecule has 1 aliphatic heterocycles. The van der Waals surface area contributed by atoms with Crippen LogP contribution in [0.1, 0.15) is 33.0 Å². The summed E-state index contributed by atoms with van der Waals surface area (Å²) in [5.74, 6) is 2.85. The van der Waals surface area contributed by atoms with Crippen LogP contribution < -0.4 is 10.2 Å². The maximum Gasteiger partial charge on any atom is 0.134 e. The monoisotopic (exact) mass is 280 g/mol. The molecular weight excluding hydrogens is 256 g/mol. The van der Waals surface area contributed by atoms with Gasteiger partial charge in [-0.15, -0.1) is 0 Å². The molecule has 2 heterocycles. The van der Waals surface area contributed by atoms with Gasteiger partial charge < -0.3 is 10.2 Å². The molecule has 1 aliphatic rings. The molecular formula is C14H24N4S. The minimum atomic E-state index is 0.658. The summed E-state index contributed by atoms with van der Waals surface area (Å²) in [6.07, 6.45) is 1.10. The number of rotatable bonds is 4. The molecule has 2 atom stereocenters. The first kappa shape index (κ1) is 14.4. The van der Waals surface area contributed by atoms with Gasteiger partial charge in [0, 0.05) is 36.2 Å². The fraction of sp³-hybridized carbons (Fsp3) is 0.714. The van der Waals surface area contributed by atoms with Gasteiger partial charge in [0.2, 0.25) is 0 Å². The second-order valence-corrected chi connectivity index (χ2v) is 7.13. The maximum absolute atomic E-state index is 4.60. The van der Waals surface area contributed by atoms with Gasteiger partial charge in [0.1, 0.15) is 17.5 Å². The van der Waals surface area contributed by atoms with E-state index in [2.05, 4.69) is 58.8 Å². The summed E-state index contributed by atoms with van der Waals surface area (Å²) in [4.78, 5) is 11.4. The average molecular weight is 280 g/mol. The third kappa shape index (κ3) is 4.00. The van der Waals surface area contributed by atoms with E-state index in [0.717, 1.165) is 43.5 Å². The van der Waals surface area contributed by atoms with Crippen molar-refractivity contribution in [3.63, 3.8) is 0 Å². The van der Waals surface area contributed by atoms with Gasteiger partial charge in [-0.25, -0.2) is 9.97 Å². The summed E-state index contributed by atoms with van der Waals surface area (Å²) in [7, 11) is 0. The van der Waals surface area contributed by atoms with Crippen LogP contribution in [-0.4, -0.2) is 40.1 Å². The summed E-state index contributed by atoms with van der Waals surface area (Å²) in [6.45, 7) is 11.8. The molecule has 0 aromatic carbocycles. The first-order valence-corrected chi connectivity index (χ1v) is 8.02. The second kappa shape index (κ2) is 6.46. The van der Waals surface area contributed by atoms with Crippen LogP contribution in [0.4, 0.5) is 11.6 Å². The van der Waals surface area contributed by atoms with Crippen LogP contribution in [0.25, 0.3) is 0 Å². The molecule has 19 heavy (non-hydrogen) atoms. The Bertz CT molecular complexity index is 414. The number of nitrogens with one attached hydrogen (secondary N) is 1. The Morgan fingerprint density at radius 2 is 2.00 bits per heavy atom. The molecule has 0 aliphatic carbocycles. The number of aryl methyl sites for hydroxylation is 1. The molecule has 1 aromatic heterocycles. The number of thioether (sulfide) groups is 1. The van der Waals surface area contributed by atoms with E-state index in [1.807, 2.05) is 6.92 Å². The summed E-state index contributed by atoms with van der Waals surface area (Å²) >= 11 is 2.06. The Balaban J connectivity index is 2.16. The highest BCUT2D eigenvalue weighted by atomic mass is 32.2. The first-order chi connectivity index (χ1) is 9.08. The van der Waals surface area contributed by atoms with E-state index in [1.54, 1.807) is 0 Å². The van der Waals surface area contributed by atoms with Crippen molar-refractivity contribution in [2.24, 2.45) is 0 Å². The molecule has 0 saturated carbocycles. The quantitative estimate of drug-likeness (QED) is 0.918. The van der Waals surface area contributed by atoms with Gasteiger partial charge in [0.15, 0.2) is 0 Å². The van der Waals surface area contributed by atoms with Gasteiger partial charge in [0.25, 0.3) is 0 Å². The summed E-state index contributed by atoms with van der Waals surface area (Å²) in [5, 5.41) is 4.67. The fourth-order valence-corrected chi connectivity index (χ4v) is 3.75. The topological polar surface area (TPSA) is 41.0 Å². The van der Waals surface area contributed by atoms with E-state index in [-0.39, 0.29) is 0 Å². The average Bonchev–Trinajstić information content (AvgIpc) is 2.34. The lowest BCUT2D eigenvalue weighted by Crippen LogP contribution is -2.41. The molecule has 0 spiro atoms. The standard InChI is InChI=1S/C14H24N4S/c1-5-6-15-13-7-14(17-12(4)16-13)18-8-10(2)19-11(3)9-18/h7,10-11H,5-6,8-9H2,1-4H3,(H,15,16,17). The molecule has 1 N–H and O–H groups in total. The predicted molar refractivity (Wildman–Crippen MR) is 84.3 cm³/mol. The lowest BCUT2D eigenvalue weighted by Gasteiger charge is -2.35. The number of hydrogen-bond acceptors (Lipinski definition) is 5. The number of nitrogens with zero attached hydrogens (tertiary/aromatic N) is 3. The van der Waals surface area contributed by atoms with Gasteiger partial charge >= 0.3 is 0 Å². The Kier molecular flexibility index (Phi) is 4.91. The van der Waals surface area contributed by atoms with Crippen LogP contribution in [0.3, 0.4) is 0 Å². The fourth-order valence-electron chi connectivity index (χ4n) is 2.42. The molecule has 4 nitrogen and oxygen atoms in total. The van der Waals surface area contributed by atoms with E-state index < -0.39 is 0 Å². The van der Waals surface area contributed by atoms with Gasteiger partial charge in [-0.2, -0.15) is 11.8 Å². The molecule has 0 radical (unpaired) electrons.